The SMILES string of the molecule is Cc1ccccc1N1CCCN(Cc2cc3n(n2)CCNC3)CC1.Cl.Cl. The van der Waals surface area contributed by atoms with Crippen LogP contribution in [0.5, 0.6) is 0 Å². The van der Waals surface area contributed by atoms with Gasteiger partial charge in [-0.05, 0) is 31.0 Å². The highest BCUT2D eigenvalue weighted by Crippen LogP contribution is 2.21. The third-order valence-electron chi connectivity index (χ3n) is 5.15. The Hall–Kier alpha value is -1.27. The first-order chi connectivity index (χ1) is 11.8. The summed E-state index contributed by atoms with van der Waals surface area (Å²) < 4.78 is 2.17. The van der Waals surface area contributed by atoms with Crippen LogP contribution in [0.3, 0.4) is 0 Å². The molecule has 1 aromatic heterocycles. The highest BCUT2D eigenvalue weighted by Gasteiger charge is 2.18. The van der Waals surface area contributed by atoms with Gasteiger partial charge < -0.3 is 10.2 Å². The molecule has 2 aliphatic rings. The molecular weight excluding hydrogens is 369 g/mol. The van der Waals surface area contributed by atoms with Crippen molar-refractivity contribution >= 4 is 30.5 Å². The van der Waals surface area contributed by atoms with Gasteiger partial charge in [-0.15, -0.1) is 24.8 Å². The first-order valence-electron chi connectivity index (χ1n) is 9.09. The third kappa shape index (κ3) is 4.71. The first-order valence-corrected chi connectivity index (χ1v) is 9.09. The molecule has 26 heavy (non-hydrogen) atoms. The first kappa shape index (κ1) is 21.0. The summed E-state index contributed by atoms with van der Waals surface area (Å²) in [6.45, 7) is 10.7. The number of halogens is 2. The lowest BCUT2D eigenvalue weighted by Crippen LogP contribution is -2.31. The summed E-state index contributed by atoms with van der Waals surface area (Å²) in [5, 5.41) is 8.20. The normalized spacial score (nSPS) is 17.7. The lowest BCUT2D eigenvalue weighted by Gasteiger charge is -2.25. The second kappa shape index (κ2) is 9.60. The lowest BCUT2D eigenvalue weighted by molar-refractivity contribution is 0.280. The number of fused-ring (bicyclic) bond motifs is 1. The number of anilines is 1. The van der Waals surface area contributed by atoms with Crippen molar-refractivity contribution in [1.29, 1.82) is 0 Å². The van der Waals surface area contributed by atoms with Crippen molar-refractivity contribution in [3.05, 3.63) is 47.3 Å². The third-order valence-corrected chi connectivity index (χ3v) is 5.15. The molecule has 0 spiro atoms. The maximum absolute atomic E-state index is 4.79. The summed E-state index contributed by atoms with van der Waals surface area (Å²) in [5.41, 5.74) is 5.31. The van der Waals surface area contributed by atoms with Crippen molar-refractivity contribution in [3.63, 3.8) is 0 Å². The van der Waals surface area contributed by atoms with E-state index in [2.05, 4.69) is 57.1 Å². The number of nitrogens with zero attached hydrogens (tertiary/aromatic N) is 4. The number of para-hydroxylation sites is 1. The standard InChI is InChI=1S/C19H27N5.2ClH/c1-16-5-2-3-6-19(16)23-9-4-8-22(11-12-23)15-17-13-18-14-20-7-10-24(18)21-17;;/h2-3,5-6,13,20H,4,7-12,14-15H2,1H3;2*1H. The fourth-order valence-corrected chi connectivity index (χ4v) is 3.85. The zero-order chi connectivity index (χ0) is 16.4. The van der Waals surface area contributed by atoms with Gasteiger partial charge in [0.15, 0.2) is 0 Å². The summed E-state index contributed by atoms with van der Waals surface area (Å²) in [4.78, 5) is 5.09. The maximum Gasteiger partial charge on any atom is 0.0768 e. The van der Waals surface area contributed by atoms with Crippen LogP contribution in [0.4, 0.5) is 5.69 Å². The Bertz CT molecular complexity index is 679. The van der Waals surface area contributed by atoms with Crippen molar-refractivity contribution in [1.82, 2.24) is 20.0 Å². The minimum Gasteiger partial charge on any atom is -0.370 e. The van der Waals surface area contributed by atoms with Crippen LogP contribution in [-0.2, 0) is 19.6 Å². The van der Waals surface area contributed by atoms with E-state index in [0.717, 1.165) is 52.4 Å². The average Bonchev–Trinajstić information content (AvgIpc) is 2.86. The second-order valence-electron chi connectivity index (χ2n) is 6.93. The topological polar surface area (TPSA) is 36.3 Å². The van der Waals surface area contributed by atoms with E-state index in [1.165, 1.54) is 29.1 Å². The van der Waals surface area contributed by atoms with Crippen molar-refractivity contribution in [2.75, 3.05) is 37.6 Å². The van der Waals surface area contributed by atoms with Crippen molar-refractivity contribution in [3.8, 4) is 0 Å². The monoisotopic (exact) mass is 397 g/mol. The molecule has 0 bridgehead atoms. The van der Waals surface area contributed by atoms with Crippen LogP contribution in [-0.4, -0.2) is 47.4 Å². The van der Waals surface area contributed by atoms with Crippen molar-refractivity contribution in [2.24, 2.45) is 0 Å². The zero-order valence-electron chi connectivity index (χ0n) is 15.4. The van der Waals surface area contributed by atoms with Crippen LogP contribution in [0.1, 0.15) is 23.4 Å². The quantitative estimate of drug-likeness (QED) is 0.863. The van der Waals surface area contributed by atoms with Gasteiger partial charge in [0.05, 0.1) is 17.9 Å². The van der Waals surface area contributed by atoms with Gasteiger partial charge >= 0.3 is 0 Å². The van der Waals surface area contributed by atoms with Crippen LogP contribution in [0.2, 0.25) is 0 Å². The summed E-state index contributed by atoms with van der Waals surface area (Å²) in [6.07, 6.45) is 1.21. The zero-order valence-corrected chi connectivity index (χ0v) is 17.0. The Kier molecular flexibility index (Phi) is 7.77. The molecule has 4 rings (SSSR count). The van der Waals surface area contributed by atoms with Crippen molar-refractivity contribution < 1.29 is 0 Å². The van der Waals surface area contributed by atoms with E-state index in [0.29, 0.717) is 0 Å². The molecule has 0 aliphatic carbocycles. The Balaban J connectivity index is 0.00000121. The molecule has 144 valence electrons. The molecule has 1 saturated heterocycles. The summed E-state index contributed by atoms with van der Waals surface area (Å²) in [7, 11) is 0. The van der Waals surface area contributed by atoms with Gasteiger partial charge in [0, 0.05) is 51.5 Å². The molecule has 5 nitrogen and oxygen atoms in total. The Morgan fingerprint density at radius 2 is 1.88 bits per heavy atom. The largest absolute Gasteiger partial charge is 0.370 e. The number of benzene rings is 1. The van der Waals surface area contributed by atoms with E-state index in [4.69, 9.17) is 5.10 Å². The van der Waals surface area contributed by atoms with E-state index in [-0.39, 0.29) is 24.8 Å². The fourth-order valence-electron chi connectivity index (χ4n) is 3.85. The molecule has 0 saturated carbocycles. The average molecular weight is 398 g/mol. The molecule has 7 heteroatoms. The highest BCUT2D eigenvalue weighted by atomic mass is 35.5. The predicted octanol–water partition coefficient (Wildman–Crippen LogP) is 2.85. The number of hydrogen-bond acceptors (Lipinski definition) is 4. The van der Waals surface area contributed by atoms with Gasteiger partial charge in [-0.25, -0.2) is 0 Å². The molecule has 2 aliphatic heterocycles. The smallest absolute Gasteiger partial charge is 0.0768 e. The fraction of sp³-hybridized carbons (Fsp3) is 0.526. The maximum atomic E-state index is 4.79. The van der Waals surface area contributed by atoms with Crippen LogP contribution >= 0.6 is 24.8 Å². The molecular formula is C19H29Cl2N5. The molecule has 1 aromatic carbocycles. The van der Waals surface area contributed by atoms with Gasteiger partial charge in [0.25, 0.3) is 0 Å². The Labute approximate surface area is 168 Å². The van der Waals surface area contributed by atoms with Crippen molar-refractivity contribution in [2.45, 2.75) is 33.0 Å². The summed E-state index contributed by atoms with van der Waals surface area (Å²) in [6, 6.07) is 11.0. The lowest BCUT2D eigenvalue weighted by atomic mass is 10.2. The van der Waals surface area contributed by atoms with E-state index in [9.17, 15) is 0 Å². The van der Waals surface area contributed by atoms with Gasteiger partial charge in [-0.3, -0.25) is 9.58 Å². The molecule has 3 heterocycles. The minimum absolute atomic E-state index is 0. The van der Waals surface area contributed by atoms with E-state index >= 15 is 0 Å². The summed E-state index contributed by atoms with van der Waals surface area (Å²) in [5.74, 6) is 0. The van der Waals surface area contributed by atoms with E-state index in [1.807, 2.05) is 0 Å². The van der Waals surface area contributed by atoms with Gasteiger partial charge in [-0.2, -0.15) is 5.10 Å². The minimum atomic E-state index is 0. The number of nitrogens with one attached hydrogen (secondary N) is 1. The van der Waals surface area contributed by atoms with Crippen LogP contribution < -0.4 is 10.2 Å². The molecule has 2 aromatic rings. The Morgan fingerprint density at radius 3 is 2.69 bits per heavy atom. The highest BCUT2D eigenvalue weighted by molar-refractivity contribution is 5.85. The number of rotatable bonds is 3. The second-order valence-corrected chi connectivity index (χ2v) is 6.93. The molecule has 0 radical (unpaired) electrons. The molecule has 0 unspecified atom stereocenters. The molecule has 1 N–H and O–H groups in total. The van der Waals surface area contributed by atoms with Crippen LogP contribution in [0, 0.1) is 6.92 Å². The Morgan fingerprint density at radius 1 is 1.04 bits per heavy atom. The van der Waals surface area contributed by atoms with E-state index < -0.39 is 0 Å². The predicted molar refractivity (Wildman–Crippen MR) is 112 cm³/mol. The number of aryl methyl sites for hydroxylation is 1. The molecule has 0 atom stereocenters. The van der Waals surface area contributed by atoms with E-state index in [1.54, 1.807) is 0 Å². The van der Waals surface area contributed by atoms with Gasteiger partial charge in [0.2, 0.25) is 0 Å². The van der Waals surface area contributed by atoms with Crippen LogP contribution in [0.15, 0.2) is 30.3 Å². The number of hydrogen-bond donors (Lipinski definition) is 1. The van der Waals surface area contributed by atoms with Gasteiger partial charge in [-0.1, -0.05) is 18.2 Å². The van der Waals surface area contributed by atoms with Crippen LogP contribution in [0.25, 0.3) is 0 Å². The number of aromatic nitrogens is 2. The molecule has 1 fully saturated rings. The van der Waals surface area contributed by atoms with Gasteiger partial charge in [0.1, 0.15) is 0 Å². The summed E-state index contributed by atoms with van der Waals surface area (Å²) >= 11 is 0. The molecule has 0 amide bonds.